The van der Waals surface area contributed by atoms with Crippen LogP contribution < -0.4 is 10.1 Å². The van der Waals surface area contributed by atoms with Gasteiger partial charge in [-0.25, -0.2) is 0 Å². The molecule has 2 rings (SSSR count). The second-order valence-corrected chi connectivity index (χ2v) is 6.43. The van der Waals surface area contributed by atoms with E-state index < -0.39 is 0 Å². The zero-order valence-electron chi connectivity index (χ0n) is 12.7. The van der Waals surface area contributed by atoms with Crippen molar-refractivity contribution < 1.29 is 9.53 Å². The number of ether oxygens (including phenoxy) is 1. The highest BCUT2D eigenvalue weighted by Gasteiger charge is 2.27. The molecular weight excluding hydrogens is 308 g/mol. The van der Waals surface area contributed by atoms with Crippen LogP contribution in [-0.2, 0) is 4.79 Å². The lowest BCUT2D eigenvalue weighted by molar-refractivity contribution is -0.133. The first-order valence-electron chi connectivity index (χ1n) is 6.93. The van der Waals surface area contributed by atoms with E-state index in [0.717, 1.165) is 30.3 Å². The monoisotopic (exact) mass is 330 g/mol. The van der Waals surface area contributed by atoms with E-state index >= 15 is 0 Å². The molecule has 1 fully saturated rings. The van der Waals surface area contributed by atoms with E-state index in [-0.39, 0.29) is 29.6 Å². The van der Waals surface area contributed by atoms with Gasteiger partial charge in [-0.05, 0) is 38.1 Å². The number of nitrogens with zero attached hydrogens (tertiary/aromatic N) is 1. The van der Waals surface area contributed by atoms with Crippen molar-refractivity contribution >= 4 is 30.1 Å². The molecule has 0 aromatic heterocycles. The predicted octanol–water partition coefficient (Wildman–Crippen LogP) is 2.42. The topological polar surface area (TPSA) is 41.6 Å². The standard InChI is InChI=1S/C15H22N2O2S.ClH/c1-11-10-16-8-9-17(11)15(18)12(2)20-14-6-4-13(19-3)5-7-14;/h4-7,11-12,16H,8-10H2,1-3H3;1H/t11-,12?;/m0./s1. The van der Waals surface area contributed by atoms with Crippen LogP contribution in [0.15, 0.2) is 29.2 Å². The number of carbonyl (C=O) groups is 1. The summed E-state index contributed by atoms with van der Waals surface area (Å²) < 4.78 is 5.14. The Bertz CT molecular complexity index is 455. The van der Waals surface area contributed by atoms with Gasteiger partial charge in [-0.1, -0.05) is 0 Å². The minimum atomic E-state index is -0.0658. The van der Waals surface area contributed by atoms with Crippen molar-refractivity contribution in [2.24, 2.45) is 0 Å². The van der Waals surface area contributed by atoms with Crippen molar-refractivity contribution in [1.29, 1.82) is 0 Å². The van der Waals surface area contributed by atoms with Crippen LogP contribution in [0.25, 0.3) is 0 Å². The van der Waals surface area contributed by atoms with E-state index in [4.69, 9.17) is 4.74 Å². The summed E-state index contributed by atoms with van der Waals surface area (Å²) >= 11 is 1.60. The maximum Gasteiger partial charge on any atom is 0.236 e. The summed E-state index contributed by atoms with van der Waals surface area (Å²) in [6.07, 6.45) is 0. The molecule has 0 saturated carbocycles. The number of thioether (sulfide) groups is 1. The molecule has 1 unspecified atom stereocenters. The van der Waals surface area contributed by atoms with Gasteiger partial charge in [0.25, 0.3) is 0 Å². The molecular formula is C15H23ClN2O2S. The Morgan fingerprint density at radius 2 is 2.10 bits per heavy atom. The number of halogens is 1. The normalized spacial score (nSPS) is 19.6. The Hall–Kier alpha value is -0.910. The summed E-state index contributed by atoms with van der Waals surface area (Å²) in [6.45, 7) is 6.63. The van der Waals surface area contributed by atoms with Gasteiger partial charge in [-0.15, -0.1) is 24.2 Å². The number of hydrogen-bond acceptors (Lipinski definition) is 4. The first-order valence-corrected chi connectivity index (χ1v) is 7.81. The summed E-state index contributed by atoms with van der Waals surface area (Å²) in [5.41, 5.74) is 0. The second kappa shape index (κ2) is 8.51. The maximum atomic E-state index is 12.5. The van der Waals surface area contributed by atoms with Crippen molar-refractivity contribution in [3.05, 3.63) is 24.3 Å². The van der Waals surface area contributed by atoms with Gasteiger partial charge in [0, 0.05) is 30.6 Å². The Morgan fingerprint density at radius 3 is 2.67 bits per heavy atom. The number of rotatable bonds is 4. The van der Waals surface area contributed by atoms with E-state index in [9.17, 15) is 4.79 Å². The fourth-order valence-electron chi connectivity index (χ4n) is 2.31. The molecule has 2 atom stereocenters. The fourth-order valence-corrected chi connectivity index (χ4v) is 3.25. The van der Waals surface area contributed by atoms with Crippen LogP contribution in [0.2, 0.25) is 0 Å². The molecule has 1 heterocycles. The van der Waals surface area contributed by atoms with E-state index in [0.29, 0.717) is 0 Å². The van der Waals surface area contributed by atoms with Crippen molar-refractivity contribution in [1.82, 2.24) is 10.2 Å². The third-order valence-electron chi connectivity index (χ3n) is 3.50. The van der Waals surface area contributed by atoms with Crippen LogP contribution in [0.3, 0.4) is 0 Å². The van der Waals surface area contributed by atoms with Crippen molar-refractivity contribution in [2.75, 3.05) is 26.7 Å². The van der Waals surface area contributed by atoms with Crippen LogP contribution in [0.5, 0.6) is 5.75 Å². The van der Waals surface area contributed by atoms with Crippen LogP contribution in [-0.4, -0.2) is 48.8 Å². The molecule has 0 aliphatic carbocycles. The van der Waals surface area contributed by atoms with Gasteiger partial charge in [-0.3, -0.25) is 4.79 Å². The molecule has 0 spiro atoms. The number of carbonyl (C=O) groups excluding carboxylic acids is 1. The highest BCUT2D eigenvalue weighted by Crippen LogP contribution is 2.27. The Morgan fingerprint density at radius 1 is 1.43 bits per heavy atom. The minimum Gasteiger partial charge on any atom is -0.497 e. The van der Waals surface area contributed by atoms with Crippen LogP contribution in [0.1, 0.15) is 13.8 Å². The van der Waals surface area contributed by atoms with Gasteiger partial charge in [0.1, 0.15) is 5.75 Å². The third-order valence-corrected chi connectivity index (χ3v) is 4.60. The number of nitrogens with one attached hydrogen (secondary N) is 1. The number of piperazine rings is 1. The summed E-state index contributed by atoms with van der Waals surface area (Å²) in [5.74, 6) is 1.06. The Kier molecular flexibility index (Phi) is 7.35. The van der Waals surface area contributed by atoms with Gasteiger partial charge in [-0.2, -0.15) is 0 Å². The Balaban J connectivity index is 0.00000220. The van der Waals surface area contributed by atoms with Crippen LogP contribution >= 0.6 is 24.2 Å². The average molecular weight is 331 g/mol. The molecule has 21 heavy (non-hydrogen) atoms. The molecule has 1 aromatic carbocycles. The van der Waals surface area contributed by atoms with E-state index in [1.165, 1.54) is 0 Å². The van der Waals surface area contributed by atoms with Gasteiger partial charge in [0.05, 0.1) is 12.4 Å². The highest BCUT2D eigenvalue weighted by atomic mass is 35.5. The van der Waals surface area contributed by atoms with E-state index in [2.05, 4.69) is 12.2 Å². The summed E-state index contributed by atoms with van der Waals surface area (Å²) in [4.78, 5) is 15.6. The molecule has 0 bridgehead atoms. The summed E-state index contributed by atoms with van der Waals surface area (Å²) in [6, 6.07) is 8.11. The largest absolute Gasteiger partial charge is 0.497 e. The molecule has 1 amide bonds. The van der Waals surface area contributed by atoms with Crippen LogP contribution in [0, 0.1) is 0 Å². The third kappa shape index (κ3) is 4.80. The molecule has 1 N–H and O–H groups in total. The minimum absolute atomic E-state index is 0. The second-order valence-electron chi connectivity index (χ2n) is 5.02. The first kappa shape index (κ1) is 18.1. The molecule has 6 heteroatoms. The lowest BCUT2D eigenvalue weighted by Gasteiger charge is -2.35. The molecule has 0 radical (unpaired) electrons. The highest BCUT2D eigenvalue weighted by molar-refractivity contribution is 8.00. The molecule has 1 aliphatic heterocycles. The molecule has 1 aromatic rings. The summed E-state index contributed by atoms with van der Waals surface area (Å²) in [5, 5.41) is 3.24. The van der Waals surface area contributed by atoms with Crippen molar-refractivity contribution in [3.63, 3.8) is 0 Å². The number of amides is 1. The van der Waals surface area contributed by atoms with Gasteiger partial charge >= 0.3 is 0 Å². The lowest BCUT2D eigenvalue weighted by atomic mass is 10.2. The quantitative estimate of drug-likeness (QED) is 0.861. The molecule has 118 valence electrons. The summed E-state index contributed by atoms with van der Waals surface area (Å²) in [7, 11) is 1.65. The fraction of sp³-hybridized carbons (Fsp3) is 0.533. The van der Waals surface area contributed by atoms with Gasteiger partial charge in [0.15, 0.2) is 0 Å². The van der Waals surface area contributed by atoms with Crippen molar-refractivity contribution in [2.45, 2.75) is 30.0 Å². The first-order chi connectivity index (χ1) is 9.61. The van der Waals surface area contributed by atoms with E-state index in [1.54, 1.807) is 18.9 Å². The van der Waals surface area contributed by atoms with Crippen LogP contribution in [0.4, 0.5) is 0 Å². The zero-order chi connectivity index (χ0) is 14.5. The van der Waals surface area contributed by atoms with E-state index in [1.807, 2.05) is 36.1 Å². The molecule has 1 aliphatic rings. The van der Waals surface area contributed by atoms with Gasteiger partial charge < -0.3 is 15.0 Å². The molecule has 1 saturated heterocycles. The number of hydrogen-bond donors (Lipinski definition) is 1. The SMILES string of the molecule is COc1ccc(SC(C)C(=O)N2CCNC[C@@H]2C)cc1.Cl. The van der Waals surface area contributed by atoms with Crippen molar-refractivity contribution in [3.8, 4) is 5.75 Å². The maximum absolute atomic E-state index is 12.5. The average Bonchev–Trinajstić information content (AvgIpc) is 2.48. The lowest BCUT2D eigenvalue weighted by Crippen LogP contribution is -2.54. The zero-order valence-corrected chi connectivity index (χ0v) is 14.3. The number of benzene rings is 1. The van der Waals surface area contributed by atoms with Gasteiger partial charge in [0.2, 0.25) is 5.91 Å². The Labute approximate surface area is 137 Å². The predicted molar refractivity (Wildman–Crippen MR) is 89.6 cm³/mol. The smallest absolute Gasteiger partial charge is 0.236 e. The molecule has 4 nitrogen and oxygen atoms in total. The number of methoxy groups -OCH3 is 1.